The molecule has 6 nitrogen and oxygen atoms in total. The van der Waals surface area contributed by atoms with Gasteiger partial charge in [0.25, 0.3) is 0 Å². The van der Waals surface area contributed by atoms with Crippen LogP contribution in [0.5, 0.6) is 11.5 Å². The SMILES string of the molecule is CN1Cc2cc(C(C)(C)C)cc(c2O)CN(C)CC(C)(C)CN(C)Cc2cc(C(C)(C)C)cc(c2O)CN(C)CC(C)(C)C1.[CH3-].[CH3-].[CH3-].[CH3-].[Ni].[Ni]. The Morgan fingerprint density at radius 1 is 0.460 bits per heavy atom. The van der Waals surface area contributed by atoms with E-state index in [1.165, 1.54) is 11.1 Å². The summed E-state index contributed by atoms with van der Waals surface area (Å²) in [4.78, 5) is 9.37. The van der Waals surface area contributed by atoms with Crippen LogP contribution in [0, 0.1) is 40.5 Å². The van der Waals surface area contributed by atoms with Crippen molar-refractivity contribution in [2.45, 2.75) is 106 Å². The minimum absolute atomic E-state index is 0. The van der Waals surface area contributed by atoms with E-state index in [1.807, 2.05) is 0 Å². The fourth-order valence-electron chi connectivity index (χ4n) is 7.28. The smallest absolute Gasteiger partial charge is 0.124 e. The van der Waals surface area contributed by atoms with Crippen molar-refractivity contribution in [1.29, 1.82) is 0 Å². The zero-order chi connectivity index (χ0) is 33.4. The van der Waals surface area contributed by atoms with Gasteiger partial charge in [0.2, 0.25) is 0 Å². The van der Waals surface area contributed by atoms with Crippen LogP contribution in [0.1, 0.15) is 103 Å². The van der Waals surface area contributed by atoms with E-state index in [2.05, 4.69) is 141 Å². The Kier molecular flexibility index (Phi) is 23.3. The summed E-state index contributed by atoms with van der Waals surface area (Å²) in [5.41, 5.74) is 6.48. The maximum atomic E-state index is 11.6. The minimum atomic E-state index is -0.0135. The van der Waals surface area contributed by atoms with Gasteiger partial charge in [-0.15, -0.1) is 0 Å². The monoisotopic (exact) mass is 784 g/mol. The normalized spacial score (nSPS) is 18.4. The second-order valence-corrected chi connectivity index (χ2v) is 17.8. The summed E-state index contributed by atoms with van der Waals surface area (Å²) in [6.07, 6.45) is 0. The Bertz CT molecular complexity index is 1120. The Labute approximate surface area is 331 Å². The summed E-state index contributed by atoms with van der Waals surface area (Å²) in [5.74, 6) is 0.860. The van der Waals surface area contributed by atoms with Crippen molar-refractivity contribution in [3.05, 3.63) is 87.4 Å². The third-order valence-electron chi connectivity index (χ3n) is 8.82. The van der Waals surface area contributed by atoms with E-state index >= 15 is 0 Å². The molecule has 4 bridgehead atoms. The number of benzene rings is 2. The van der Waals surface area contributed by atoms with Gasteiger partial charge in [0.05, 0.1) is 0 Å². The van der Waals surface area contributed by atoms with Gasteiger partial charge < -0.3 is 59.5 Å². The van der Waals surface area contributed by atoms with Gasteiger partial charge in [-0.1, -0.05) is 93.5 Å². The molecule has 0 aromatic heterocycles. The van der Waals surface area contributed by atoms with Crippen LogP contribution in [0.4, 0.5) is 0 Å². The topological polar surface area (TPSA) is 53.4 Å². The molecule has 0 saturated heterocycles. The predicted octanol–water partition coefficient (Wildman–Crippen LogP) is 8.98. The van der Waals surface area contributed by atoms with Crippen LogP contribution in [0.2, 0.25) is 0 Å². The Balaban J connectivity index is -0.00000176. The molecule has 1 heterocycles. The average molecular weight is 786 g/mol. The first-order chi connectivity index (χ1) is 20.0. The van der Waals surface area contributed by atoms with Crippen LogP contribution >= 0.6 is 0 Å². The molecular weight excluding hydrogens is 710 g/mol. The van der Waals surface area contributed by atoms with Crippen LogP contribution in [0.25, 0.3) is 0 Å². The van der Waals surface area contributed by atoms with Gasteiger partial charge in [-0.25, -0.2) is 0 Å². The van der Waals surface area contributed by atoms with Gasteiger partial charge in [0, 0.05) is 108 Å². The summed E-state index contributed by atoms with van der Waals surface area (Å²) in [6, 6.07) is 8.84. The molecule has 3 rings (SSSR count). The van der Waals surface area contributed by atoms with E-state index in [0.717, 1.165) is 48.4 Å². The molecule has 0 spiro atoms. The molecule has 2 N–H and O–H groups in total. The van der Waals surface area contributed by atoms with Gasteiger partial charge in [-0.2, -0.15) is 0 Å². The van der Waals surface area contributed by atoms with E-state index in [4.69, 9.17) is 0 Å². The number of hydrogen-bond acceptors (Lipinski definition) is 6. The van der Waals surface area contributed by atoms with Gasteiger partial charge >= 0.3 is 0 Å². The second-order valence-electron chi connectivity index (χ2n) is 17.8. The first-order valence-corrected chi connectivity index (χ1v) is 16.4. The first kappa shape index (κ1) is 55.6. The second kappa shape index (κ2) is 20.9. The summed E-state index contributed by atoms with van der Waals surface area (Å²) < 4.78 is 0. The van der Waals surface area contributed by atoms with Crippen LogP contribution in [-0.4, -0.2) is 84.2 Å². The molecule has 8 heteroatoms. The third-order valence-corrected chi connectivity index (χ3v) is 8.82. The molecule has 1 aliphatic rings. The maximum absolute atomic E-state index is 11.6. The van der Waals surface area contributed by atoms with Crippen molar-refractivity contribution >= 4 is 0 Å². The van der Waals surface area contributed by atoms with Crippen molar-refractivity contribution in [2.75, 3.05) is 54.4 Å². The zero-order valence-electron chi connectivity index (χ0n) is 35.3. The molecule has 0 radical (unpaired) electrons. The third kappa shape index (κ3) is 15.9. The van der Waals surface area contributed by atoms with Crippen LogP contribution in [0.3, 0.4) is 0 Å². The van der Waals surface area contributed by atoms with Crippen molar-refractivity contribution in [3.63, 3.8) is 0 Å². The molecule has 0 atom stereocenters. The van der Waals surface area contributed by atoms with Gasteiger partial charge in [0.15, 0.2) is 0 Å². The number of rotatable bonds is 0. The van der Waals surface area contributed by atoms with Crippen LogP contribution in [-0.2, 0) is 70.0 Å². The van der Waals surface area contributed by atoms with Crippen molar-refractivity contribution in [2.24, 2.45) is 10.8 Å². The molecule has 0 unspecified atom stereocenters. The van der Waals surface area contributed by atoms with Gasteiger partial charge in [0.1, 0.15) is 11.5 Å². The van der Waals surface area contributed by atoms with Crippen molar-refractivity contribution in [1.82, 2.24) is 19.6 Å². The number of phenols is 2. The number of fused-ring (bicyclic) bond motifs is 4. The molecule has 50 heavy (non-hydrogen) atoms. The summed E-state index contributed by atoms with van der Waals surface area (Å²) in [5, 5.41) is 23.1. The fourth-order valence-corrected chi connectivity index (χ4v) is 7.28. The number of aromatic hydroxyl groups is 2. The van der Waals surface area contributed by atoms with Crippen molar-refractivity contribution in [3.8, 4) is 11.5 Å². The van der Waals surface area contributed by atoms with E-state index in [-0.39, 0.29) is 84.3 Å². The molecule has 0 fully saturated rings. The molecular formula is C42H76N4Ni2O2-4. The standard InChI is InChI=1S/C38H64N4O2.4CH3.2Ni/c1-35(2,3)31-15-27-19-39(11)23-37(7,8)25-41(13)21-29-17-32(36(4,5)6)18-30(34(29)44)22-42(14)26-38(9,10)24-40(12)20-28(16-31)33(27)43;;;;;;/h15-18,43-44H,19-26H2,1-14H3;4*1H3;;/q;4*-1;;. The number of nitrogens with zero attached hydrogens (tertiary/aromatic N) is 4. The quantitative estimate of drug-likeness (QED) is 0.206. The van der Waals surface area contributed by atoms with Crippen LogP contribution in [0.15, 0.2) is 24.3 Å². The summed E-state index contributed by atoms with van der Waals surface area (Å²) in [7, 11) is 8.64. The van der Waals surface area contributed by atoms with Gasteiger partial charge in [-0.05, 0) is 61.0 Å². The molecule has 2 aromatic rings. The largest absolute Gasteiger partial charge is 0.507 e. The first-order valence-electron chi connectivity index (χ1n) is 16.4. The van der Waals surface area contributed by atoms with E-state index in [1.54, 1.807) is 0 Å². The van der Waals surface area contributed by atoms with E-state index < -0.39 is 0 Å². The molecule has 1 aliphatic heterocycles. The van der Waals surface area contributed by atoms with Gasteiger partial charge in [-0.3, -0.25) is 0 Å². The van der Waals surface area contributed by atoms with E-state index in [0.29, 0.717) is 37.7 Å². The molecule has 0 saturated carbocycles. The average Bonchev–Trinajstić information content (AvgIpc) is 2.80. The molecule has 2 aromatic carbocycles. The Morgan fingerprint density at radius 3 is 0.800 bits per heavy atom. The Hall–Kier alpha value is -1.13. The summed E-state index contributed by atoms with van der Waals surface area (Å²) >= 11 is 0. The predicted molar refractivity (Wildman–Crippen MR) is 212 cm³/mol. The fraction of sp³-hybridized carbons (Fsp3) is 0.619. The molecule has 0 aliphatic carbocycles. The van der Waals surface area contributed by atoms with Crippen LogP contribution < -0.4 is 0 Å². The minimum Gasteiger partial charge on any atom is -0.507 e. The maximum Gasteiger partial charge on any atom is 0.124 e. The van der Waals surface area contributed by atoms with Crippen molar-refractivity contribution < 1.29 is 43.2 Å². The summed E-state index contributed by atoms with van der Waals surface area (Å²) in [6.45, 7) is 29.0. The molecule has 0 amide bonds. The zero-order valence-corrected chi connectivity index (χ0v) is 37.3. The number of phenolic OH excluding ortho intramolecular Hbond substituents is 2. The Morgan fingerprint density at radius 2 is 0.640 bits per heavy atom. The molecule has 300 valence electrons. The number of hydrogen-bond donors (Lipinski definition) is 2. The van der Waals surface area contributed by atoms with E-state index in [9.17, 15) is 10.2 Å².